The lowest BCUT2D eigenvalue weighted by Crippen LogP contribution is -2.24. The molecule has 0 spiro atoms. The van der Waals surface area contributed by atoms with Crippen LogP contribution in [0.4, 0.5) is 0 Å². The SMILES string of the molecule is CCn1c(-c2ccccc2OCC(C)C)ccc(CO)c1=O. The molecule has 118 valence electrons. The van der Waals surface area contributed by atoms with E-state index in [9.17, 15) is 9.90 Å². The van der Waals surface area contributed by atoms with Gasteiger partial charge in [0, 0.05) is 17.7 Å². The highest BCUT2D eigenvalue weighted by molar-refractivity contribution is 5.67. The molecule has 0 atom stereocenters. The zero-order valence-corrected chi connectivity index (χ0v) is 13.4. The number of hydrogen-bond donors (Lipinski definition) is 1. The quantitative estimate of drug-likeness (QED) is 0.892. The van der Waals surface area contributed by atoms with Crippen LogP contribution in [0.3, 0.4) is 0 Å². The molecule has 0 saturated heterocycles. The molecule has 0 saturated carbocycles. The van der Waals surface area contributed by atoms with Gasteiger partial charge in [0.1, 0.15) is 5.75 Å². The molecule has 4 heteroatoms. The number of aromatic nitrogens is 1. The molecule has 2 aromatic rings. The summed E-state index contributed by atoms with van der Waals surface area (Å²) in [6.07, 6.45) is 0. The molecule has 0 radical (unpaired) electrons. The second kappa shape index (κ2) is 7.27. The van der Waals surface area contributed by atoms with Crippen molar-refractivity contribution in [2.45, 2.75) is 33.9 Å². The lowest BCUT2D eigenvalue weighted by atomic mass is 10.1. The second-order valence-electron chi connectivity index (χ2n) is 5.65. The number of para-hydroxylation sites is 1. The Morgan fingerprint density at radius 2 is 1.91 bits per heavy atom. The van der Waals surface area contributed by atoms with E-state index < -0.39 is 0 Å². The average Bonchev–Trinajstić information content (AvgIpc) is 2.53. The standard InChI is InChI=1S/C18H23NO3/c1-4-19-16(10-9-14(11-20)18(19)21)15-7-5-6-8-17(15)22-12-13(2)3/h5-10,13,20H,4,11-12H2,1-3H3. The Morgan fingerprint density at radius 3 is 2.55 bits per heavy atom. The summed E-state index contributed by atoms with van der Waals surface area (Å²) in [6, 6.07) is 11.3. The molecule has 0 aliphatic carbocycles. The van der Waals surface area contributed by atoms with E-state index in [1.807, 2.05) is 37.3 Å². The van der Waals surface area contributed by atoms with E-state index in [2.05, 4.69) is 13.8 Å². The molecule has 2 rings (SSSR count). The van der Waals surface area contributed by atoms with Gasteiger partial charge < -0.3 is 14.4 Å². The van der Waals surface area contributed by atoms with Crippen molar-refractivity contribution < 1.29 is 9.84 Å². The van der Waals surface area contributed by atoms with Gasteiger partial charge in [-0.1, -0.05) is 26.0 Å². The molecule has 1 N–H and O–H groups in total. The summed E-state index contributed by atoms with van der Waals surface area (Å²) in [5.74, 6) is 1.20. The maximum Gasteiger partial charge on any atom is 0.256 e. The minimum Gasteiger partial charge on any atom is -0.493 e. The van der Waals surface area contributed by atoms with Gasteiger partial charge in [0.2, 0.25) is 0 Å². The Morgan fingerprint density at radius 1 is 1.18 bits per heavy atom. The van der Waals surface area contributed by atoms with Crippen molar-refractivity contribution >= 4 is 0 Å². The first-order chi connectivity index (χ1) is 10.6. The lowest BCUT2D eigenvalue weighted by Gasteiger charge is -2.17. The number of aliphatic hydroxyl groups is 1. The van der Waals surface area contributed by atoms with Gasteiger partial charge >= 0.3 is 0 Å². The van der Waals surface area contributed by atoms with Crippen LogP contribution in [0.1, 0.15) is 26.3 Å². The summed E-state index contributed by atoms with van der Waals surface area (Å²) >= 11 is 0. The maximum absolute atomic E-state index is 12.4. The van der Waals surface area contributed by atoms with Crippen molar-refractivity contribution in [1.29, 1.82) is 0 Å². The number of aliphatic hydroxyl groups excluding tert-OH is 1. The molecule has 1 aromatic heterocycles. The van der Waals surface area contributed by atoms with Crippen LogP contribution in [0.2, 0.25) is 0 Å². The largest absolute Gasteiger partial charge is 0.493 e. The number of pyridine rings is 1. The van der Waals surface area contributed by atoms with Gasteiger partial charge in [-0.25, -0.2) is 0 Å². The van der Waals surface area contributed by atoms with Crippen LogP contribution < -0.4 is 10.3 Å². The lowest BCUT2D eigenvalue weighted by molar-refractivity contribution is 0.272. The van der Waals surface area contributed by atoms with Crippen LogP contribution in [-0.4, -0.2) is 16.3 Å². The Bertz CT molecular complexity index is 689. The van der Waals surface area contributed by atoms with Crippen molar-refractivity contribution in [3.8, 4) is 17.0 Å². The smallest absolute Gasteiger partial charge is 0.256 e. The normalized spacial score (nSPS) is 11.0. The third kappa shape index (κ3) is 3.39. The van der Waals surface area contributed by atoms with E-state index in [-0.39, 0.29) is 12.2 Å². The summed E-state index contributed by atoms with van der Waals surface area (Å²) in [5.41, 5.74) is 1.96. The zero-order chi connectivity index (χ0) is 16.1. The fourth-order valence-electron chi connectivity index (χ4n) is 2.35. The number of hydrogen-bond acceptors (Lipinski definition) is 3. The molecular weight excluding hydrogens is 278 g/mol. The van der Waals surface area contributed by atoms with Gasteiger partial charge in [0.05, 0.1) is 18.9 Å². The molecule has 0 amide bonds. The predicted molar refractivity (Wildman–Crippen MR) is 88.1 cm³/mol. The van der Waals surface area contributed by atoms with E-state index in [0.29, 0.717) is 24.6 Å². The second-order valence-corrected chi connectivity index (χ2v) is 5.65. The van der Waals surface area contributed by atoms with Gasteiger partial charge in [-0.3, -0.25) is 4.79 Å². The van der Waals surface area contributed by atoms with Gasteiger partial charge in [0.15, 0.2) is 0 Å². The summed E-state index contributed by atoms with van der Waals surface area (Å²) in [6.45, 7) is 7.04. The Kier molecular flexibility index (Phi) is 5.39. The van der Waals surface area contributed by atoms with Crippen molar-refractivity contribution in [1.82, 2.24) is 4.57 Å². The zero-order valence-electron chi connectivity index (χ0n) is 13.4. The summed E-state index contributed by atoms with van der Waals surface area (Å²) in [4.78, 5) is 12.4. The molecule has 1 heterocycles. The Hall–Kier alpha value is -2.07. The van der Waals surface area contributed by atoms with Crippen LogP contribution in [0.15, 0.2) is 41.2 Å². The topological polar surface area (TPSA) is 51.5 Å². The van der Waals surface area contributed by atoms with E-state index in [4.69, 9.17) is 4.74 Å². The highest BCUT2D eigenvalue weighted by atomic mass is 16.5. The first-order valence-electron chi connectivity index (χ1n) is 7.64. The van der Waals surface area contributed by atoms with Crippen molar-refractivity contribution in [2.24, 2.45) is 5.92 Å². The van der Waals surface area contributed by atoms with Crippen LogP contribution in [0.25, 0.3) is 11.3 Å². The van der Waals surface area contributed by atoms with Crippen LogP contribution in [0.5, 0.6) is 5.75 Å². The molecule has 1 aromatic carbocycles. The molecule has 0 fully saturated rings. The van der Waals surface area contributed by atoms with E-state index in [0.717, 1.165) is 17.0 Å². The fraction of sp³-hybridized carbons (Fsp3) is 0.389. The molecule has 0 unspecified atom stereocenters. The van der Waals surface area contributed by atoms with Crippen molar-refractivity contribution in [2.75, 3.05) is 6.61 Å². The van der Waals surface area contributed by atoms with Crippen LogP contribution >= 0.6 is 0 Å². The van der Waals surface area contributed by atoms with E-state index >= 15 is 0 Å². The van der Waals surface area contributed by atoms with Crippen LogP contribution in [0, 0.1) is 5.92 Å². The first-order valence-corrected chi connectivity index (χ1v) is 7.64. The fourth-order valence-corrected chi connectivity index (χ4v) is 2.35. The average molecular weight is 301 g/mol. The van der Waals surface area contributed by atoms with E-state index in [1.165, 1.54) is 0 Å². The number of benzene rings is 1. The first kappa shape index (κ1) is 16.3. The van der Waals surface area contributed by atoms with Gasteiger partial charge in [-0.05, 0) is 37.1 Å². The predicted octanol–water partition coefficient (Wildman–Crippen LogP) is 3.06. The van der Waals surface area contributed by atoms with Crippen LogP contribution in [-0.2, 0) is 13.2 Å². The van der Waals surface area contributed by atoms with Crippen molar-refractivity contribution in [3.63, 3.8) is 0 Å². The van der Waals surface area contributed by atoms with E-state index in [1.54, 1.807) is 10.6 Å². The van der Waals surface area contributed by atoms with Gasteiger partial charge in [-0.2, -0.15) is 0 Å². The Balaban J connectivity index is 2.52. The highest BCUT2D eigenvalue weighted by Crippen LogP contribution is 2.29. The van der Waals surface area contributed by atoms with Gasteiger partial charge in [-0.15, -0.1) is 0 Å². The third-order valence-corrected chi connectivity index (χ3v) is 3.47. The molecule has 0 aliphatic heterocycles. The Labute approximate surface area is 131 Å². The number of nitrogens with zero attached hydrogens (tertiary/aromatic N) is 1. The molecular formula is C18H23NO3. The summed E-state index contributed by atoms with van der Waals surface area (Å²) < 4.78 is 7.55. The molecule has 0 bridgehead atoms. The number of ether oxygens (including phenoxy) is 1. The molecule has 4 nitrogen and oxygen atoms in total. The molecule has 22 heavy (non-hydrogen) atoms. The monoisotopic (exact) mass is 301 g/mol. The highest BCUT2D eigenvalue weighted by Gasteiger charge is 2.13. The van der Waals surface area contributed by atoms with Crippen molar-refractivity contribution in [3.05, 3.63) is 52.3 Å². The number of rotatable bonds is 6. The third-order valence-electron chi connectivity index (χ3n) is 3.47. The maximum atomic E-state index is 12.4. The van der Waals surface area contributed by atoms with Gasteiger partial charge in [0.25, 0.3) is 5.56 Å². The summed E-state index contributed by atoms with van der Waals surface area (Å²) in [7, 11) is 0. The minimum absolute atomic E-state index is 0.152. The minimum atomic E-state index is -0.245. The summed E-state index contributed by atoms with van der Waals surface area (Å²) in [5, 5.41) is 9.26. The molecule has 0 aliphatic rings.